The highest BCUT2D eigenvalue weighted by molar-refractivity contribution is 7.90. The molecule has 1 saturated carbocycles. The lowest BCUT2D eigenvalue weighted by molar-refractivity contribution is -0.142. The molecule has 10 saturated heterocycles. The zero-order valence-electron chi connectivity index (χ0n) is 83.4. The Bertz CT molecular complexity index is 5740. The van der Waals surface area contributed by atoms with Crippen LogP contribution in [0.25, 0.3) is 0 Å². The Morgan fingerprint density at radius 1 is 0.361 bits per heavy atom. The summed E-state index contributed by atoms with van der Waals surface area (Å²) >= 11 is 0. The summed E-state index contributed by atoms with van der Waals surface area (Å²) in [5.41, 5.74) is 32.2. The van der Waals surface area contributed by atoms with E-state index >= 15 is 0 Å². The number of carbonyl (C=O) groups excluding carboxylic acids is 9. The van der Waals surface area contributed by atoms with E-state index in [9.17, 15) is 117 Å². The van der Waals surface area contributed by atoms with Gasteiger partial charge >= 0.3 is 0 Å². The Hall–Kier alpha value is -10.8. The molecule has 5 aromatic carbocycles. The lowest BCUT2D eigenvalue weighted by Crippen LogP contribution is -2.55. The van der Waals surface area contributed by atoms with Gasteiger partial charge in [0.2, 0.25) is 57.3 Å². The summed E-state index contributed by atoms with van der Waals surface area (Å²) < 4.78 is 230. The number of aryl methyl sites for hydroxylation is 1. The summed E-state index contributed by atoms with van der Waals surface area (Å²) in [6.07, 6.45) is 20.0. The molecular weight excluding hydrogens is 1970 g/mol. The van der Waals surface area contributed by atoms with Gasteiger partial charge < -0.3 is 78.6 Å². The molecule has 147 heavy (non-hydrogen) atoms. The molecule has 10 unspecified atom stereocenters. The van der Waals surface area contributed by atoms with Gasteiger partial charge in [0.1, 0.15) is 46.9 Å². The van der Waals surface area contributed by atoms with Crippen molar-refractivity contribution in [2.45, 2.75) is 316 Å². The third kappa shape index (κ3) is 27.3. The number of rotatable bonds is 28. The number of nitrogens with two attached hydrogens (primary N) is 5. The molecule has 0 radical (unpaired) electrons. The zero-order valence-corrected chi connectivity index (χ0v) is 84.2. The van der Waals surface area contributed by atoms with E-state index in [1.807, 2.05) is 19.6 Å². The standard InChI is InChI=1S/C22H26F3N5O2.C21H28F3N3O3S.3C20H26F3N3O2/c1-29-11-27-9-20(29)22(32)28-10-21(31)30-14-2-3-15(30)5-13(4-14)19(26)7-12-6-17(24)18(25)8-16(12)23;1-26(31(29,30)16-4-5-16)11-21(28)27-14-2-3-15(27)7-13(6-14)20(25)9-12-8-18(23)19(24)10-17(12)22;1-11(27)25(2)10-20(28)26-14-3-4-15(26)6-13(5-14)19(24)8-12-7-17(22)18(23)9-16(12)21;2*1-10(25-11(2)27)20(28)26-14-3-4-15(26)6-13(5-14)19(24)8-12-7-17(22)18(23)9-16(12)21/h6,8-9,11,13-15,19H,2-5,7,10,26H2,1H3,(H,28,32);8,10,13-16,20H,2-7,9,11,25H2,1H3;7,9,13-15,19H,3-6,8,10,24H2,1-2H3;2*7,9-10,13-15,19H,3-6,8,24H2,1-2H3,(H,25,27)/t13?,14?,15?,19-;13?,14?,15?,20-;13?,14?,15?,19-;10-,13?,14?,15?,19+;10-,13?,14?,15?,19-/m11101/s1. The van der Waals surface area contributed by atoms with Crippen molar-refractivity contribution in [1.82, 2.24) is 59.2 Å². The number of carbonyl (C=O) groups is 9. The van der Waals surface area contributed by atoms with E-state index in [1.54, 1.807) is 37.4 Å². The largest absolute Gasteiger partial charge is 0.345 e. The molecule has 6 aromatic rings. The molecule has 1 aromatic heterocycles. The van der Waals surface area contributed by atoms with Gasteiger partial charge in [0, 0.05) is 163 Å². The third-order valence-corrected chi connectivity index (χ3v) is 34.0. The van der Waals surface area contributed by atoms with Gasteiger partial charge in [0.25, 0.3) is 5.91 Å². The molecule has 17 atom stereocenters. The highest BCUT2D eigenvalue weighted by Gasteiger charge is 2.52. The summed E-state index contributed by atoms with van der Waals surface area (Å²) in [6, 6.07) is 3.97. The average molecular weight is 2100 g/mol. The second-order valence-corrected chi connectivity index (χ2v) is 44.2. The molecule has 13 N–H and O–H groups in total. The number of likely N-dealkylation sites (N-methyl/N-ethyl adjacent to an activating group) is 2. The molecule has 806 valence electrons. The van der Waals surface area contributed by atoms with Gasteiger partial charge in [0.15, 0.2) is 58.2 Å². The van der Waals surface area contributed by atoms with Crippen LogP contribution >= 0.6 is 0 Å². The number of imidazole rings is 1. The summed E-state index contributed by atoms with van der Waals surface area (Å²) in [4.78, 5) is 124. The van der Waals surface area contributed by atoms with Crippen LogP contribution < -0.4 is 44.6 Å². The molecule has 0 spiro atoms. The number of nitrogens with zero attached hydrogens (tertiary/aromatic N) is 9. The Labute approximate surface area is 844 Å². The lowest BCUT2D eigenvalue weighted by atomic mass is 9.82. The topological polar surface area (TPSA) is 394 Å². The van der Waals surface area contributed by atoms with Crippen molar-refractivity contribution in [1.29, 1.82) is 0 Å². The SMILES string of the molecule is CC(=O)N(C)CC(=O)N1C2CCC1CC([C@H](N)Cc1cc(F)c(F)cc1F)C2.CC(=O)N[C@@H](C)C(=O)N1C2CCC1CC([C@H](N)Cc1cc(F)c(F)cc1F)C2.CC(=O)N[C@H](C)C(=O)N1C2CCC1CC([C@H](N)Cc1cc(F)c(F)cc1F)C2.CN(CC(=O)N1C2CCC1CC([C@H](N)Cc1cc(F)c(F)cc1F)C2)S(=O)(=O)C1CC1.Cn1cncc1C(=O)NCC(=O)N1C2CCC1CC([C@H](N)Cc1cc(F)c(F)cc1F)C2. The first-order valence-corrected chi connectivity index (χ1v) is 51.8. The van der Waals surface area contributed by atoms with Gasteiger partial charge in [-0.2, -0.15) is 4.31 Å². The summed E-state index contributed by atoms with van der Waals surface area (Å²) in [6.45, 7) is 7.31. The van der Waals surface area contributed by atoms with Crippen LogP contribution in [-0.2, 0) is 87.5 Å². The zero-order chi connectivity index (χ0) is 107. The van der Waals surface area contributed by atoms with Crippen molar-refractivity contribution in [2.75, 3.05) is 33.7 Å². The maximum atomic E-state index is 14.0. The number of hydrogen-bond donors (Lipinski definition) is 8. The molecule has 17 rings (SSSR count). The van der Waals surface area contributed by atoms with Gasteiger partial charge in [0.05, 0.1) is 37.4 Å². The van der Waals surface area contributed by atoms with Crippen LogP contribution in [0.3, 0.4) is 0 Å². The van der Waals surface area contributed by atoms with Gasteiger partial charge in [-0.3, -0.25) is 43.2 Å². The number of benzene rings is 5. The number of nitrogens with one attached hydrogen (secondary N) is 3. The maximum absolute atomic E-state index is 14.0. The Kier molecular flexibility index (Phi) is 37.4. The van der Waals surface area contributed by atoms with Crippen LogP contribution in [0.2, 0.25) is 0 Å². The predicted molar refractivity (Wildman–Crippen MR) is 512 cm³/mol. The minimum absolute atomic E-state index is 0.000654. The average Bonchev–Trinajstić information content (AvgIpc) is 1.64. The number of amides is 9. The minimum atomic E-state index is -3.41. The van der Waals surface area contributed by atoms with Crippen molar-refractivity contribution >= 4 is 63.2 Å². The highest BCUT2D eigenvalue weighted by Crippen LogP contribution is 2.47. The molecule has 11 heterocycles. The molecule has 1 aliphatic carbocycles. The first kappa shape index (κ1) is 113. The quantitative estimate of drug-likeness (QED) is 0.0167. The summed E-state index contributed by atoms with van der Waals surface area (Å²) in [5, 5.41) is 7.55. The number of sulfonamides is 1. The molecule has 10 aliphatic heterocycles. The van der Waals surface area contributed by atoms with Gasteiger partial charge in [-0.25, -0.2) is 79.3 Å². The van der Waals surface area contributed by atoms with Crippen LogP contribution in [-0.4, -0.2) is 247 Å². The molecule has 11 aliphatic rings. The monoisotopic (exact) mass is 2100 g/mol. The Morgan fingerprint density at radius 2 is 0.599 bits per heavy atom. The van der Waals surface area contributed by atoms with E-state index in [2.05, 4.69) is 20.9 Å². The fourth-order valence-corrected chi connectivity index (χ4v) is 25.5. The normalized spacial score (nSPS) is 25.4. The summed E-state index contributed by atoms with van der Waals surface area (Å²) in [7, 11) is 1.34. The fourth-order valence-electron chi connectivity index (χ4n) is 24.0. The number of piperidine rings is 5. The van der Waals surface area contributed by atoms with Crippen molar-refractivity contribution in [3.05, 3.63) is 194 Å². The number of halogens is 15. The Balaban J connectivity index is 0.000000154. The lowest BCUT2D eigenvalue weighted by Gasteiger charge is -2.42. The number of aromatic nitrogens is 2. The van der Waals surface area contributed by atoms with Gasteiger partial charge in [-0.1, -0.05) is 0 Å². The van der Waals surface area contributed by atoms with Crippen molar-refractivity contribution in [2.24, 2.45) is 65.3 Å². The molecule has 28 nitrogen and oxygen atoms in total. The summed E-state index contributed by atoms with van der Waals surface area (Å²) in [5.74, 6) is -16.9. The van der Waals surface area contributed by atoms with Gasteiger partial charge in [-0.05, 0) is 275 Å². The van der Waals surface area contributed by atoms with E-state index in [4.69, 9.17) is 28.7 Å². The first-order chi connectivity index (χ1) is 69.3. The predicted octanol–water partition coefficient (Wildman–Crippen LogP) is 10.8. The molecule has 10 bridgehead atoms. The van der Waals surface area contributed by atoms with Crippen molar-refractivity contribution < 1.29 is 117 Å². The molecule has 9 amide bonds. The van der Waals surface area contributed by atoms with Crippen LogP contribution in [0.5, 0.6) is 0 Å². The van der Waals surface area contributed by atoms with Crippen LogP contribution in [0.15, 0.2) is 73.2 Å². The van der Waals surface area contributed by atoms with E-state index in [-0.39, 0.29) is 228 Å². The van der Waals surface area contributed by atoms with Crippen molar-refractivity contribution in [3.63, 3.8) is 0 Å². The van der Waals surface area contributed by atoms with Crippen LogP contribution in [0.1, 0.15) is 214 Å². The first-order valence-electron chi connectivity index (χ1n) is 50.3. The second-order valence-electron chi connectivity index (χ2n) is 41.9. The fraction of sp³-hybridized carbons (Fsp3) is 0.592. The van der Waals surface area contributed by atoms with E-state index in [1.165, 1.54) is 45.2 Å². The third-order valence-electron chi connectivity index (χ3n) is 31.7. The molecule has 11 fully saturated rings. The van der Waals surface area contributed by atoms with Crippen LogP contribution in [0.4, 0.5) is 65.9 Å². The molecule has 44 heteroatoms. The van der Waals surface area contributed by atoms with Crippen molar-refractivity contribution in [3.8, 4) is 0 Å². The van der Waals surface area contributed by atoms with E-state index in [0.717, 1.165) is 98.8 Å². The minimum Gasteiger partial charge on any atom is -0.345 e. The second kappa shape index (κ2) is 48.4. The maximum Gasteiger partial charge on any atom is 0.269 e. The number of fused-ring (bicyclic) bond motifs is 10. The number of hydrogen-bond acceptors (Lipinski definition) is 17. The highest BCUT2D eigenvalue weighted by atomic mass is 32.2. The smallest absolute Gasteiger partial charge is 0.269 e. The van der Waals surface area contributed by atoms with E-state index < -0.39 is 140 Å². The Morgan fingerprint density at radius 3 is 0.830 bits per heavy atom. The van der Waals surface area contributed by atoms with E-state index in [0.29, 0.717) is 113 Å². The molecular formula is C103H132F15N17O11S. The van der Waals surface area contributed by atoms with Gasteiger partial charge in [-0.15, -0.1) is 0 Å². The van der Waals surface area contributed by atoms with Crippen LogP contribution in [0, 0.1) is 117 Å².